The third-order valence-corrected chi connectivity index (χ3v) is 8.20. The van der Waals surface area contributed by atoms with Gasteiger partial charge in [0.1, 0.15) is 0 Å². The van der Waals surface area contributed by atoms with Gasteiger partial charge < -0.3 is 19.5 Å². The largest absolute Gasteiger partial charge is 0.371 e. The number of nitrogens with one attached hydrogen (secondary N) is 1. The van der Waals surface area contributed by atoms with Gasteiger partial charge in [-0.05, 0) is 43.2 Å². The minimum Gasteiger partial charge on any atom is -0.371 e. The van der Waals surface area contributed by atoms with Gasteiger partial charge in [-0.3, -0.25) is 10.1 Å². The molecule has 0 spiro atoms. The van der Waals surface area contributed by atoms with Gasteiger partial charge in [0.05, 0.1) is 34.2 Å². The fourth-order valence-corrected chi connectivity index (χ4v) is 6.42. The summed E-state index contributed by atoms with van der Waals surface area (Å²) >= 11 is 1.67. The first-order valence-corrected chi connectivity index (χ1v) is 13.7. The molecule has 38 heavy (non-hydrogen) atoms. The van der Waals surface area contributed by atoms with Crippen molar-refractivity contribution >= 4 is 34.8 Å². The Bertz CT molecular complexity index is 1510. The van der Waals surface area contributed by atoms with E-state index >= 15 is 0 Å². The molecule has 2 aromatic heterocycles. The van der Waals surface area contributed by atoms with Gasteiger partial charge >= 0.3 is 0 Å². The number of hydrogen-bond donors (Lipinski definition) is 1. The lowest BCUT2D eigenvalue weighted by Crippen LogP contribution is -2.42. The topological polar surface area (TPSA) is 111 Å². The van der Waals surface area contributed by atoms with Crippen molar-refractivity contribution < 1.29 is 9.66 Å². The summed E-state index contributed by atoms with van der Waals surface area (Å²) in [5, 5.41) is 15.6. The van der Waals surface area contributed by atoms with E-state index in [0.717, 1.165) is 54.8 Å². The lowest BCUT2D eigenvalue weighted by Gasteiger charge is -2.33. The second-order valence-electron chi connectivity index (χ2n) is 9.70. The highest BCUT2D eigenvalue weighted by molar-refractivity contribution is 7.99. The highest BCUT2D eigenvalue weighted by Gasteiger charge is 2.33. The maximum atomic E-state index is 11.4. The first-order chi connectivity index (χ1) is 18.6. The molecule has 1 N–H and O–H groups in total. The molecule has 2 atom stereocenters. The summed E-state index contributed by atoms with van der Waals surface area (Å²) in [5.74, 6) is 1.41. The van der Waals surface area contributed by atoms with Crippen molar-refractivity contribution in [1.82, 2.24) is 19.5 Å². The molecule has 2 unspecified atom stereocenters. The second kappa shape index (κ2) is 9.41. The molecule has 0 aliphatic carbocycles. The monoisotopic (exact) mass is 527 g/mol. The standard InChI is InChI=1S/C27H25N7O3S/c35-34(36)20-3-1-2-17(14-20)24-25(33-12-13-38-27(33)31-24)23-10-11-28-26(30-23)29-18-4-6-19(7-5-18)32-15-21-8-9-22(16-32)37-21/h1-7,10-11,14,21-22H,8-9,12-13,15-16H2,(H,28,29,30). The van der Waals surface area contributed by atoms with Crippen molar-refractivity contribution in [2.75, 3.05) is 29.1 Å². The average molecular weight is 528 g/mol. The summed E-state index contributed by atoms with van der Waals surface area (Å²) in [6, 6.07) is 16.8. The van der Waals surface area contributed by atoms with Gasteiger partial charge in [-0.2, -0.15) is 0 Å². The minimum atomic E-state index is -0.386. The molecule has 11 heteroatoms. The van der Waals surface area contributed by atoms with E-state index in [2.05, 4.69) is 31.9 Å². The van der Waals surface area contributed by atoms with Gasteiger partial charge in [-0.15, -0.1) is 0 Å². The SMILES string of the molecule is O=[N+]([O-])c1cccc(-c2nc3n(c2-c2ccnc(Nc4ccc(N5CC6CCC(C5)O6)cc4)n2)CCS3)c1. The first kappa shape index (κ1) is 23.2. The van der Waals surface area contributed by atoms with Crippen LogP contribution in [0.5, 0.6) is 0 Å². The second-order valence-corrected chi connectivity index (χ2v) is 10.8. The van der Waals surface area contributed by atoms with Gasteiger partial charge in [0.25, 0.3) is 5.69 Å². The van der Waals surface area contributed by atoms with Crippen LogP contribution in [0.3, 0.4) is 0 Å². The summed E-state index contributed by atoms with van der Waals surface area (Å²) in [4.78, 5) is 27.5. The van der Waals surface area contributed by atoms with E-state index in [4.69, 9.17) is 14.7 Å². The third-order valence-electron chi connectivity index (χ3n) is 7.24. The van der Waals surface area contributed by atoms with E-state index in [1.54, 1.807) is 30.1 Å². The van der Waals surface area contributed by atoms with Gasteiger partial charge in [0, 0.05) is 60.7 Å². The van der Waals surface area contributed by atoms with Crippen LogP contribution in [-0.2, 0) is 11.3 Å². The van der Waals surface area contributed by atoms with E-state index < -0.39 is 0 Å². The zero-order valence-electron chi connectivity index (χ0n) is 20.5. The molecular formula is C27H25N7O3S. The van der Waals surface area contributed by atoms with Crippen LogP contribution in [0.4, 0.5) is 23.0 Å². The van der Waals surface area contributed by atoms with E-state index in [0.29, 0.717) is 35.1 Å². The maximum absolute atomic E-state index is 11.4. The van der Waals surface area contributed by atoms with Crippen LogP contribution in [0, 0.1) is 10.1 Å². The summed E-state index contributed by atoms with van der Waals surface area (Å²) in [6.45, 7) is 2.68. The van der Waals surface area contributed by atoms with Crippen molar-refractivity contribution in [3.05, 3.63) is 70.9 Å². The van der Waals surface area contributed by atoms with Gasteiger partial charge in [-0.25, -0.2) is 15.0 Å². The molecule has 2 fully saturated rings. The Morgan fingerprint density at radius 3 is 2.66 bits per heavy atom. The number of anilines is 3. The Morgan fingerprint density at radius 2 is 1.87 bits per heavy atom. The molecule has 10 nitrogen and oxygen atoms in total. The number of rotatable bonds is 6. The molecular weight excluding hydrogens is 502 g/mol. The number of non-ortho nitro benzene ring substituents is 1. The minimum absolute atomic E-state index is 0.0347. The molecule has 192 valence electrons. The van der Waals surface area contributed by atoms with Crippen LogP contribution >= 0.6 is 11.8 Å². The van der Waals surface area contributed by atoms with E-state index in [1.165, 1.54) is 11.8 Å². The zero-order valence-corrected chi connectivity index (χ0v) is 21.3. The number of nitro benzene ring substituents is 1. The van der Waals surface area contributed by atoms with Gasteiger partial charge in [0.2, 0.25) is 5.95 Å². The Morgan fingerprint density at radius 1 is 1.05 bits per heavy atom. The molecule has 2 bridgehead atoms. The number of nitrogens with zero attached hydrogens (tertiary/aromatic N) is 6. The van der Waals surface area contributed by atoms with E-state index in [-0.39, 0.29) is 10.6 Å². The zero-order chi connectivity index (χ0) is 25.6. The predicted molar refractivity (Wildman–Crippen MR) is 146 cm³/mol. The lowest BCUT2D eigenvalue weighted by molar-refractivity contribution is -0.384. The number of fused-ring (bicyclic) bond motifs is 3. The lowest BCUT2D eigenvalue weighted by atomic mass is 10.1. The first-order valence-electron chi connectivity index (χ1n) is 12.7. The summed E-state index contributed by atoms with van der Waals surface area (Å²) in [5.41, 5.74) is 5.06. The summed E-state index contributed by atoms with van der Waals surface area (Å²) in [6.07, 6.45) is 4.71. The quantitative estimate of drug-likeness (QED) is 0.269. The van der Waals surface area contributed by atoms with Gasteiger partial charge in [0.15, 0.2) is 5.16 Å². The Labute approximate surface area is 223 Å². The Balaban J connectivity index is 1.17. The van der Waals surface area contributed by atoms with E-state index in [9.17, 15) is 10.1 Å². The van der Waals surface area contributed by atoms with Gasteiger partial charge in [-0.1, -0.05) is 23.9 Å². The van der Waals surface area contributed by atoms with Crippen LogP contribution in [0.25, 0.3) is 22.6 Å². The summed E-state index contributed by atoms with van der Waals surface area (Å²) in [7, 11) is 0. The average Bonchev–Trinajstić information content (AvgIpc) is 3.63. The van der Waals surface area contributed by atoms with Crippen LogP contribution in [0.1, 0.15) is 12.8 Å². The van der Waals surface area contributed by atoms with Crippen LogP contribution < -0.4 is 10.2 Å². The number of nitro groups is 1. The Hall–Kier alpha value is -3.96. The molecule has 5 heterocycles. The van der Waals surface area contributed by atoms with Crippen LogP contribution in [-0.4, -0.2) is 55.5 Å². The highest BCUT2D eigenvalue weighted by atomic mass is 32.2. The normalized spacial score (nSPS) is 19.9. The number of imidazole rings is 1. The fraction of sp³-hybridized carbons (Fsp3) is 0.296. The third kappa shape index (κ3) is 4.27. The summed E-state index contributed by atoms with van der Waals surface area (Å²) < 4.78 is 8.10. The molecule has 0 radical (unpaired) electrons. The van der Waals surface area contributed by atoms with Crippen LogP contribution in [0.15, 0.2) is 66.0 Å². The molecule has 2 saturated heterocycles. The van der Waals surface area contributed by atoms with Crippen molar-refractivity contribution in [3.8, 4) is 22.6 Å². The maximum Gasteiger partial charge on any atom is 0.270 e. The molecule has 0 saturated carbocycles. The molecule has 0 amide bonds. The van der Waals surface area contributed by atoms with E-state index in [1.807, 2.05) is 24.3 Å². The number of benzene rings is 2. The van der Waals surface area contributed by atoms with Crippen molar-refractivity contribution in [2.24, 2.45) is 0 Å². The molecule has 7 rings (SSSR count). The van der Waals surface area contributed by atoms with Crippen molar-refractivity contribution in [1.29, 1.82) is 0 Å². The number of aromatic nitrogens is 4. The molecule has 4 aromatic rings. The molecule has 2 aromatic carbocycles. The number of ether oxygens (including phenoxy) is 1. The Kier molecular flexibility index (Phi) is 5.74. The number of thioether (sulfide) groups is 1. The highest BCUT2D eigenvalue weighted by Crippen LogP contribution is 2.39. The van der Waals surface area contributed by atoms with Crippen molar-refractivity contribution in [2.45, 2.75) is 36.8 Å². The molecule has 3 aliphatic heterocycles. The number of morpholine rings is 1. The van der Waals surface area contributed by atoms with Crippen molar-refractivity contribution in [3.63, 3.8) is 0 Å². The molecule has 3 aliphatic rings. The fourth-order valence-electron chi connectivity index (χ4n) is 5.47. The number of hydrogen-bond acceptors (Lipinski definition) is 9. The smallest absolute Gasteiger partial charge is 0.270 e. The predicted octanol–water partition coefficient (Wildman–Crippen LogP) is 5.13. The van der Waals surface area contributed by atoms with Crippen LogP contribution in [0.2, 0.25) is 0 Å².